The van der Waals surface area contributed by atoms with Crippen molar-refractivity contribution in [3.05, 3.63) is 51.9 Å². The van der Waals surface area contributed by atoms with Crippen LogP contribution in [0.25, 0.3) is 0 Å². The molecule has 1 unspecified atom stereocenters. The van der Waals surface area contributed by atoms with Gasteiger partial charge in [0.25, 0.3) is 0 Å². The molecule has 1 atom stereocenters. The Balaban J connectivity index is 2.26. The quantitative estimate of drug-likeness (QED) is 0.879. The first kappa shape index (κ1) is 16.0. The SMILES string of the molecule is CCNC(Cc1cc(OC)ncn1)c1ccc(Cl)cc1Cl. The second-order valence-electron chi connectivity index (χ2n) is 4.53. The number of nitrogens with one attached hydrogen (secondary N) is 1. The highest BCUT2D eigenvalue weighted by Crippen LogP contribution is 2.28. The van der Waals surface area contributed by atoms with Gasteiger partial charge in [-0.15, -0.1) is 0 Å². The van der Waals surface area contributed by atoms with E-state index in [1.807, 2.05) is 18.2 Å². The lowest BCUT2D eigenvalue weighted by atomic mass is 10.0. The number of nitrogens with zero attached hydrogens (tertiary/aromatic N) is 2. The smallest absolute Gasteiger partial charge is 0.216 e. The van der Waals surface area contributed by atoms with Crippen LogP contribution >= 0.6 is 23.2 Å². The molecule has 0 bridgehead atoms. The highest BCUT2D eigenvalue weighted by molar-refractivity contribution is 6.35. The van der Waals surface area contributed by atoms with Gasteiger partial charge >= 0.3 is 0 Å². The van der Waals surface area contributed by atoms with Crippen molar-refractivity contribution in [2.45, 2.75) is 19.4 Å². The van der Waals surface area contributed by atoms with Gasteiger partial charge in [0, 0.05) is 34.3 Å². The molecule has 0 spiro atoms. The number of hydrogen-bond acceptors (Lipinski definition) is 4. The molecular formula is C15H17Cl2N3O. The minimum Gasteiger partial charge on any atom is -0.481 e. The van der Waals surface area contributed by atoms with Crippen LogP contribution in [0.2, 0.25) is 10.0 Å². The molecule has 21 heavy (non-hydrogen) atoms. The van der Waals surface area contributed by atoms with Crippen molar-refractivity contribution in [3.63, 3.8) is 0 Å². The van der Waals surface area contributed by atoms with Crippen molar-refractivity contribution in [1.29, 1.82) is 0 Å². The van der Waals surface area contributed by atoms with E-state index in [9.17, 15) is 0 Å². The van der Waals surface area contributed by atoms with E-state index >= 15 is 0 Å². The summed E-state index contributed by atoms with van der Waals surface area (Å²) in [4.78, 5) is 8.30. The van der Waals surface area contributed by atoms with Gasteiger partial charge in [-0.05, 0) is 24.2 Å². The van der Waals surface area contributed by atoms with Crippen LogP contribution in [0.4, 0.5) is 0 Å². The van der Waals surface area contributed by atoms with Gasteiger partial charge in [0.1, 0.15) is 6.33 Å². The van der Waals surface area contributed by atoms with Gasteiger partial charge < -0.3 is 10.1 Å². The van der Waals surface area contributed by atoms with E-state index in [1.54, 1.807) is 13.2 Å². The molecule has 1 aromatic heterocycles. The summed E-state index contributed by atoms with van der Waals surface area (Å²) >= 11 is 12.3. The molecule has 0 aliphatic carbocycles. The van der Waals surface area contributed by atoms with Crippen molar-refractivity contribution < 1.29 is 4.74 Å². The summed E-state index contributed by atoms with van der Waals surface area (Å²) in [6.45, 7) is 2.88. The van der Waals surface area contributed by atoms with Crippen LogP contribution in [0.5, 0.6) is 5.88 Å². The van der Waals surface area contributed by atoms with Gasteiger partial charge in [0.2, 0.25) is 5.88 Å². The van der Waals surface area contributed by atoms with Gasteiger partial charge in [-0.1, -0.05) is 36.2 Å². The van der Waals surface area contributed by atoms with Crippen LogP contribution < -0.4 is 10.1 Å². The standard InChI is InChI=1S/C15H17Cl2N3O/c1-3-18-14(12-5-4-10(16)6-13(12)17)7-11-8-15(21-2)20-9-19-11/h4-6,8-9,14,18H,3,7H2,1-2H3. The fourth-order valence-electron chi connectivity index (χ4n) is 2.13. The summed E-state index contributed by atoms with van der Waals surface area (Å²) in [6.07, 6.45) is 2.19. The number of ether oxygens (including phenoxy) is 1. The third kappa shape index (κ3) is 4.30. The first-order chi connectivity index (χ1) is 10.1. The molecule has 2 aromatic rings. The molecule has 112 valence electrons. The van der Waals surface area contributed by atoms with Crippen molar-refractivity contribution in [3.8, 4) is 5.88 Å². The predicted molar refractivity (Wildman–Crippen MR) is 85.2 cm³/mol. The molecule has 0 aliphatic rings. The van der Waals surface area contributed by atoms with Crippen LogP contribution in [-0.2, 0) is 6.42 Å². The largest absolute Gasteiger partial charge is 0.481 e. The molecule has 0 saturated heterocycles. The number of hydrogen-bond donors (Lipinski definition) is 1. The van der Waals surface area contributed by atoms with E-state index in [2.05, 4.69) is 22.2 Å². The Kier molecular flexibility index (Phi) is 5.79. The Hall–Kier alpha value is -1.36. The lowest BCUT2D eigenvalue weighted by molar-refractivity contribution is 0.395. The lowest BCUT2D eigenvalue weighted by Crippen LogP contribution is -2.23. The van der Waals surface area contributed by atoms with Gasteiger partial charge in [-0.25, -0.2) is 9.97 Å². The second kappa shape index (κ2) is 7.59. The minimum atomic E-state index is 0.0550. The minimum absolute atomic E-state index is 0.0550. The summed E-state index contributed by atoms with van der Waals surface area (Å²) in [5.74, 6) is 0.553. The van der Waals surface area contributed by atoms with Crippen molar-refractivity contribution in [2.75, 3.05) is 13.7 Å². The lowest BCUT2D eigenvalue weighted by Gasteiger charge is -2.19. The number of aromatic nitrogens is 2. The third-order valence-electron chi connectivity index (χ3n) is 3.11. The van der Waals surface area contributed by atoms with Crippen LogP contribution in [0.15, 0.2) is 30.6 Å². The van der Waals surface area contributed by atoms with E-state index in [-0.39, 0.29) is 6.04 Å². The fourth-order valence-corrected chi connectivity index (χ4v) is 2.67. The zero-order chi connectivity index (χ0) is 15.2. The van der Waals surface area contributed by atoms with Crippen molar-refractivity contribution >= 4 is 23.2 Å². The summed E-state index contributed by atoms with van der Waals surface area (Å²) in [7, 11) is 1.59. The first-order valence-electron chi connectivity index (χ1n) is 6.67. The van der Waals surface area contributed by atoms with E-state index in [4.69, 9.17) is 27.9 Å². The maximum atomic E-state index is 6.30. The van der Waals surface area contributed by atoms with Crippen LogP contribution in [0, 0.1) is 0 Å². The number of rotatable bonds is 6. The van der Waals surface area contributed by atoms with Crippen LogP contribution in [0.1, 0.15) is 24.2 Å². The highest BCUT2D eigenvalue weighted by Gasteiger charge is 2.16. The van der Waals surface area contributed by atoms with Crippen LogP contribution in [0.3, 0.4) is 0 Å². The van der Waals surface area contributed by atoms with E-state index in [1.165, 1.54) is 6.33 Å². The van der Waals surface area contributed by atoms with Gasteiger partial charge in [0.05, 0.1) is 7.11 Å². The fraction of sp³-hybridized carbons (Fsp3) is 0.333. The Morgan fingerprint density at radius 3 is 2.71 bits per heavy atom. The molecule has 6 heteroatoms. The first-order valence-corrected chi connectivity index (χ1v) is 7.43. The summed E-state index contributed by atoms with van der Waals surface area (Å²) < 4.78 is 5.13. The number of likely N-dealkylation sites (N-methyl/N-ethyl adjacent to an activating group) is 1. The van der Waals surface area contributed by atoms with Crippen molar-refractivity contribution in [2.24, 2.45) is 0 Å². The zero-order valence-corrected chi connectivity index (χ0v) is 13.4. The number of halogens is 2. The molecule has 0 aliphatic heterocycles. The topological polar surface area (TPSA) is 47.0 Å². The van der Waals surface area contributed by atoms with E-state index in [0.717, 1.165) is 17.8 Å². The van der Waals surface area contributed by atoms with Gasteiger partial charge in [-0.3, -0.25) is 0 Å². The average molecular weight is 326 g/mol. The molecule has 2 rings (SSSR count). The highest BCUT2D eigenvalue weighted by atomic mass is 35.5. The van der Waals surface area contributed by atoms with Crippen LogP contribution in [-0.4, -0.2) is 23.6 Å². The third-order valence-corrected chi connectivity index (χ3v) is 3.67. The molecule has 1 aromatic carbocycles. The summed E-state index contributed by atoms with van der Waals surface area (Å²) in [5.41, 5.74) is 1.89. The molecule has 0 fully saturated rings. The Morgan fingerprint density at radius 2 is 2.05 bits per heavy atom. The summed E-state index contributed by atoms with van der Waals surface area (Å²) in [6, 6.07) is 7.42. The number of methoxy groups -OCH3 is 1. The summed E-state index contributed by atoms with van der Waals surface area (Å²) in [5, 5.41) is 4.69. The van der Waals surface area contributed by atoms with E-state index in [0.29, 0.717) is 22.3 Å². The second-order valence-corrected chi connectivity index (χ2v) is 5.38. The monoisotopic (exact) mass is 325 g/mol. The normalized spacial score (nSPS) is 12.2. The molecule has 0 amide bonds. The Bertz CT molecular complexity index is 607. The maximum Gasteiger partial charge on any atom is 0.216 e. The maximum absolute atomic E-state index is 6.30. The zero-order valence-electron chi connectivity index (χ0n) is 11.9. The average Bonchev–Trinajstić information content (AvgIpc) is 2.47. The van der Waals surface area contributed by atoms with Gasteiger partial charge in [-0.2, -0.15) is 0 Å². The predicted octanol–water partition coefficient (Wildman–Crippen LogP) is 3.69. The number of benzene rings is 1. The Morgan fingerprint density at radius 1 is 1.24 bits per heavy atom. The molecule has 0 saturated carbocycles. The molecule has 1 N–H and O–H groups in total. The Labute approximate surface area is 134 Å². The molecular weight excluding hydrogens is 309 g/mol. The molecule has 4 nitrogen and oxygen atoms in total. The molecule has 0 radical (unpaired) electrons. The van der Waals surface area contributed by atoms with E-state index < -0.39 is 0 Å². The van der Waals surface area contributed by atoms with Gasteiger partial charge in [0.15, 0.2) is 0 Å². The molecule has 1 heterocycles. The van der Waals surface area contributed by atoms with Crippen molar-refractivity contribution in [1.82, 2.24) is 15.3 Å².